The van der Waals surface area contributed by atoms with E-state index >= 15 is 0 Å². The number of hydrogen-bond donors (Lipinski definition) is 1. The molecule has 0 aliphatic heterocycles. The van der Waals surface area contributed by atoms with Crippen LogP contribution in [0, 0.1) is 0 Å². The van der Waals surface area contributed by atoms with Crippen LogP contribution in [-0.4, -0.2) is 28.1 Å². The maximum absolute atomic E-state index is 12.0. The number of aromatic nitrogens is 2. The first-order chi connectivity index (χ1) is 14.8. The number of hydrogen-bond acceptors (Lipinski definition) is 7. The highest BCUT2D eigenvalue weighted by molar-refractivity contribution is 8.03. The van der Waals surface area contributed by atoms with Gasteiger partial charge in [0.05, 0.1) is 12.0 Å². The van der Waals surface area contributed by atoms with Crippen LogP contribution < -0.4 is 5.43 Å². The van der Waals surface area contributed by atoms with E-state index in [-0.39, 0.29) is 17.1 Å². The Hall–Kier alpha value is -1.87. The van der Waals surface area contributed by atoms with Crippen molar-refractivity contribution in [3.05, 3.63) is 70.2 Å². The lowest BCUT2D eigenvalue weighted by atomic mass is 9.87. The van der Waals surface area contributed by atoms with Crippen molar-refractivity contribution in [2.75, 3.05) is 5.75 Å². The van der Waals surface area contributed by atoms with Crippen LogP contribution in [0.25, 0.3) is 0 Å². The lowest BCUT2D eigenvalue weighted by Gasteiger charge is -2.18. The van der Waals surface area contributed by atoms with Crippen LogP contribution in [0.15, 0.2) is 62.3 Å². The number of carbonyl (C=O) groups excluding carboxylic acids is 1. The van der Waals surface area contributed by atoms with Gasteiger partial charge in [-0.2, -0.15) is 5.10 Å². The smallest absolute Gasteiger partial charge is 0.250 e. The third-order valence-corrected chi connectivity index (χ3v) is 7.68. The molecule has 0 saturated carbocycles. The zero-order valence-corrected chi connectivity index (χ0v) is 20.7. The van der Waals surface area contributed by atoms with Gasteiger partial charge < -0.3 is 0 Å². The van der Waals surface area contributed by atoms with E-state index in [9.17, 15) is 4.79 Å². The molecule has 0 aliphatic rings. The summed E-state index contributed by atoms with van der Waals surface area (Å²) in [5.74, 6) is 0.845. The first kappa shape index (κ1) is 23.8. The number of benzene rings is 2. The van der Waals surface area contributed by atoms with Gasteiger partial charge in [0, 0.05) is 10.8 Å². The van der Waals surface area contributed by atoms with E-state index in [1.165, 1.54) is 34.2 Å². The van der Waals surface area contributed by atoms with Crippen LogP contribution in [0.2, 0.25) is 5.02 Å². The third-order valence-electron chi connectivity index (χ3n) is 4.17. The molecule has 1 aromatic heterocycles. The van der Waals surface area contributed by atoms with Gasteiger partial charge >= 0.3 is 0 Å². The van der Waals surface area contributed by atoms with Crippen LogP contribution in [0.1, 0.15) is 37.5 Å². The minimum absolute atomic E-state index is 0.111. The Morgan fingerprint density at radius 2 is 1.71 bits per heavy atom. The Morgan fingerprint density at radius 3 is 2.35 bits per heavy atom. The Bertz CT molecular complexity index is 1030. The minimum atomic E-state index is -0.182. The summed E-state index contributed by atoms with van der Waals surface area (Å²) in [5, 5.41) is 13.1. The predicted octanol–water partition coefficient (Wildman–Crippen LogP) is 6.02. The summed E-state index contributed by atoms with van der Waals surface area (Å²) >= 11 is 10.3. The number of thioether (sulfide) groups is 2. The number of hydrazone groups is 1. The Morgan fingerprint density at radius 1 is 1.06 bits per heavy atom. The van der Waals surface area contributed by atoms with Gasteiger partial charge in [0.15, 0.2) is 8.68 Å². The third kappa shape index (κ3) is 7.96. The first-order valence-corrected chi connectivity index (χ1v) is 12.7. The highest BCUT2D eigenvalue weighted by Gasteiger charge is 2.12. The molecule has 1 amide bonds. The quantitative estimate of drug-likeness (QED) is 0.237. The van der Waals surface area contributed by atoms with E-state index < -0.39 is 0 Å². The Labute approximate surface area is 200 Å². The molecule has 0 radical (unpaired) electrons. The molecule has 1 N–H and O–H groups in total. The molecule has 5 nitrogen and oxygen atoms in total. The fraction of sp³-hybridized carbons (Fsp3) is 0.273. The summed E-state index contributed by atoms with van der Waals surface area (Å²) in [6, 6.07) is 15.9. The number of rotatable bonds is 8. The average Bonchev–Trinajstić information content (AvgIpc) is 3.19. The van der Waals surface area contributed by atoms with Crippen molar-refractivity contribution in [3.8, 4) is 0 Å². The molecular weight excluding hydrogens is 468 g/mol. The Balaban J connectivity index is 1.40. The highest BCUT2D eigenvalue weighted by atomic mass is 35.5. The summed E-state index contributed by atoms with van der Waals surface area (Å²) in [5.41, 5.74) is 6.03. The zero-order valence-electron chi connectivity index (χ0n) is 17.5. The van der Waals surface area contributed by atoms with Crippen molar-refractivity contribution in [1.82, 2.24) is 15.6 Å². The maximum Gasteiger partial charge on any atom is 0.250 e. The summed E-state index contributed by atoms with van der Waals surface area (Å²) in [7, 11) is 0. The monoisotopic (exact) mass is 490 g/mol. The van der Waals surface area contributed by atoms with Crippen LogP contribution in [0.5, 0.6) is 0 Å². The van der Waals surface area contributed by atoms with E-state index in [0.29, 0.717) is 0 Å². The van der Waals surface area contributed by atoms with Gasteiger partial charge in [0.2, 0.25) is 0 Å². The highest BCUT2D eigenvalue weighted by Crippen LogP contribution is 2.30. The fourth-order valence-electron chi connectivity index (χ4n) is 2.45. The van der Waals surface area contributed by atoms with Gasteiger partial charge in [0.1, 0.15) is 0 Å². The number of halogens is 1. The first-order valence-electron chi connectivity index (χ1n) is 9.55. The SMILES string of the molecule is CC(C)(C)c1ccc(C=NNC(=O)CSc2nnc(SCc3ccc(Cl)cc3)s2)cc1. The van der Waals surface area contributed by atoms with Gasteiger partial charge in [-0.25, -0.2) is 5.43 Å². The molecule has 0 bridgehead atoms. The molecule has 9 heteroatoms. The predicted molar refractivity (Wildman–Crippen MR) is 133 cm³/mol. The van der Waals surface area contributed by atoms with Gasteiger partial charge in [-0.05, 0) is 34.2 Å². The summed E-state index contributed by atoms with van der Waals surface area (Å²) in [6.45, 7) is 6.52. The number of amides is 1. The minimum Gasteiger partial charge on any atom is -0.272 e. The largest absolute Gasteiger partial charge is 0.272 e. The number of carbonyl (C=O) groups is 1. The zero-order chi connectivity index (χ0) is 22.3. The Kier molecular flexibility index (Phi) is 8.54. The summed E-state index contributed by atoms with van der Waals surface area (Å²) < 4.78 is 1.63. The van der Waals surface area contributed by atoms with Gasteiger partial charge in [-0.3, -0.25) is 4.79 Å². The second kappa shape index (κ2) is 11.1. The summed E-state index contributed by atoms with van der Waals surface area (Å²) in [4.78, 5) is 12.0. The van der Waals surface area contributed by atoms with Crippen molar-refractivity contribution >= 4 is 58.6 Å². The lowest BCUT2D eigenvalue weighted by molar-refractivity contribution is -0.118. The number of nitrogens with one attached hydrogen (secondary N) is 1. The molecule has 0 fully saturated rings. The maximum atomic E-state index is 12.0. The van der Waals surface area contributed by atoms with Crippen LogP contribution in [0.4, 0.5) is 0 Å². The standard InChI is InChI=1S/C22H23ClN4OS3/c1-22(2,3)17-8-4-15(5-9-17)12-24-25-19(28)14-30-21-27-26-20(31-21)29-13-16-6-10-18(23)11-7-16/h4-12H,13-14H2,1-3H3,(H,25,28). The van der Waals surface area contributed by atoms with Crippen molar-refractivity contribution in [3.63, 3.8) is 0 Å². The fourth-order valence-corrected chi connectivity index (χ4v) is 5.34. The van der Waals surface area contributed by atoms with Gasteiger partial charge in [-0.15, -0.1) is 10.2 Å². The molecule has 0 aliphatic carbocycles. The van der Waals surface area contributed by atoms with E-state index in [4.69, 9.17) is 11.6 Å². The van der Waals surface area contributed by atoms with Crippen molar-refractivity contribution in [1.29, 1.82) is 0 Å². The van der Waals surface area contributed by atoms with E-state index in [0.717, 1.165) is 25.0 Å². The number of nitrogens with zero attached hydrogens (tertiary/aromatic N) is 3. The van der Waals surface area contributed by atoms with Crippen molar-refractivity contribution < 1.29 is 4.79 Å². The topological polar surface area (TPSA) is 67.2 Å². The molecule has 1 heterocycles. The van der Waals surface area contributed by atoms with Crippen LogP contribution in [0.3, 0.4) is 0 Å². The molecule has 0 atom stereocenters. The van der Waals surface area contributed by atoms with Crippen molar-refractivity contribution in [2.45, 2.75) is 40.6 Å². The molecule has 2 aromatic carbocycles. The molecule has 31 heavy (non-hydrogen) atoms. The molecule has 3 rings (SSSR count). The lowest BCUT2D eigenvalue weighted by Crippen LogP contribution is -2.19. The molecular formula is C22H23ClN4OS3. The van der Waals surface area contributed by atoms with E-state index in [2.05, 4.69) is 53.6 Å². The second-order valence-corrected chi connectivity index (χ2v) is 11.6. The second-order valence-electron chi connectivity index (χ2n) is 7.70. The molecule has 0 spiro atoms. The van der Waals surface area contributed by atoms with Gasteiger partial charge in [-0.1, -0.05) is 104 Å². The molecule has 0 saturated heterocycles. The van der Waals surface area contributed by atoms with Crippen LogP contribution >= 0.6 is 46.5 Å². The van der Waals surface area contributed by atoms with Crippen LogP contribution in [-0.2, 0) is 16.0 Å². The molecule has 3 aromatic rings. The van der Waals surface area contributed by atoms with E-state index in [1.54, 1.807) is 18.0 Å². The normalized spacial score (nSPS) is 11.7. The summed E-state index contributed by atoms with van der Waals surface area (Å²) in [6.07, 6.45) is 1.64. The van der Waals surface area contributed by atoms with Gasteiger partial charge in [0.25, 0.3) is 5.91 Å². The van der Waals surface area contributed by atoms with E-state index in [1.807, 2.05) is 36.4 Å². The molecule has 162 valence electrons. The average molecular weight is 491 g/mol. The van der Waals surface area contributed by atoms with Crippen molar-refractivity contribution in [2.24, 2.45) is 5.10 Å². The molecule has 0 unspecified atom stereocenters.